The van der Waals surface area contributed by atoms with E-state index in [0.29, 0.717) is 13.0 Å². The second-order valence-corrected chi connectivity index (χ2v) is 6.79. The van der Waals surface area contributed by atoms with Crippen LogP contribution in [0.4, 0.5) is 0 Å². The van der Waals surface area contributed by atoms with Crippen LogP contribution in [0.25, 0.3) is 0 Å². The first-order valence-electron chi connectivity index (χ1n) is 8.83. The molecule has 134 valence electrons. The van der Waals surface area contributed by atoms with Gasteiger partial charge in [0.1, 0.15) is 0 Å². The number of amides is 1. The highest BCUT2D eigenvalue weighted by Crippen LogP contribution is 2.22. The van der Waals surface area contributed by atoms with Crippen molar-refractivity contribution in [3.63, 3.8) is 0 Å². The summed E-state index contributed by atoms with van der Waals surface area (Å²) in [5, 5.41) is 3.01. The van der Waals surface area contributed by atoms with Gasteiger partial charge in [-0.15, -0.1) is 12.4 Å². The maximum absolute atomic E-state index is 12.2. The Bertz CT molecular complexity index is 710. The lowest BCUT2D eigenvalue weighted by molar-refractivity contribution is -0.120. The molecule has 3 nitrogen and oxygen atoms in total. The molecule has 0 saturated carbocycles. The number of rotatable bonds is 5. The number of fused-ring (bicyclic) bond motifs is 1. The number of carbonyl (C=O) groups is 1. The smallest absolute Gasteiger partial charge is 0.224 e. The quantitative estimate of drug-likeness (QED) is 0.852. The molecule has 0 bridgehead atoms. The van der Waals surface area contributed by atoms with Gasteiger partial charge in [-0.3, -0.25) is 4.79 Å². The van der Waals surface area contributed by atoms with Gasteiger partial charge in [0.05, 0.1) is 6.42 Å². The highest BCUT2D eigenvalue weighted by Gasteiger charge is 2.11. The summed E-state index contributed by atoms with van der Waals surface area (Å²) >= 11 is 0. The van der Waals surface area contributed by atoms with Crippen molar-refractivity contribution < 1.29 is 4.79 Å². The molecule has 0 radical (unpaired) electrons. The van der Waals surface area contributed by atoms with Crippen molar-refractivity contribution in [2.24, 2.45) is 5.73 Å². The molecule has 1 amide bonds. The van der Waals surface area contributed by atoms with Crippen LogP contribution in [0.2, 0.25) is 0 Å². The van der Waals surface area contributed by atoms with E-state index in [9.17, 15) is 4.79 Å². The van der Waals surface area contributed by atoms with Gasteiger partial charge in [-0.25, -0.2) is 0 Å². The normalized spacial score (nSPS) is 14.2. The van der Waals surface area contributed by atoms with Crippen LogP contribution in [0.5, 0.6) is 0 Å². The van der Waals surface area contributed by atoms with Gasteiger partial charge in [0.25, 0.3) is 0 Å². The summed E-state index contributed by atoms with van der Waals surface area (Å²) in [4.78, 5) is 12.2. The second kappa shape index (κ2) is 9.02. The number of aryl methyl sites for hydroxylation is 2. The molecule has 3 N–H and O–H groups in total. The van der Waals surface area contributed by atoms with E-state index in [2.05, 4.69) is 23.5 Å². The summed E-state index contributed by atoms with van der Waals surface area (Å²) in [7, 11) is 0. The average Bonchev–Trinajstić information content (AvgIpc) is 2.60. The lowest BCUT2D eigenvalue weighted by Gasteiger charge is -2.16. The Kier molecular flexibility index (Phi) is 7.03. The third-order valence-corrected chi connectivity index (χ3v) is 4.77. The summed E-state index contributed by atoms with van der Waals surface area (Å²) in [6.45, 7) is 2.53. The van der Waals surface area contributed by atoms with Gasteiger partial charge in [-0.05, 0) is 60.4 Å². The van der Waals surface area contributed by atoms with Crippen molar-refractivity contribution >= 4 is 18.3 Å². The van der Waals surface area contributed by atoms with Gasteiger partial charge in [-0.1, -0.05) is 42.5 Å². The van der Waals surface area contributed by atoms with Crippen LogP contribution in [0.1, 0.15) is 53.6 Å². The fraction of sp³-hybridized carbons (Fsp3) is 0.381. The first kappa shape index (κ1) is 19.5. The topological polar surface area (TPSA) is 55.1 Å². The number of carbonyl (C=O) groups excluding carboxylic acids is 1. The molecule has 0 spiro atoms. The first-order chi connectivity index (χ1) is 11.6. The van der Waals surface area contributed by atoms with E-state index in [0.717, 1.165) is 23.1 Å². The maximum Gasteiger partial charge on any atom is 0.224 e. The summed E-state index contributed by atoms with van der Waals surface area (Å²) < 4.78 is 0. The Balaban J connectivity index is 0.00000225. The van der Waals surface area contributed by atoms with Crippen LogP contribution < -0.4 is 11.1 Å². The largest absolute Gasteiger partial charge is 0.352 e. The standard InChI is InChI=1S/C21H26N2O.ClH/c1-15(22)18-9-6-16(7-10-18)14-23-21(24)13-17-8-11-19-4-2-3-5-20(19)12-17;/h6-12,15H,2-5,13-14,22H2,1H3,(H,23,24);1H/t15-;/m0./s1. The number of benzene rings is 2. The number of hydrogen-bond donors (Lipinski definition) is 2. The van der Waals surface area contributed by atoms with Crippen LogP contribution in [-0.4, -0.2) is 5.91 Å². The molecule has 0 aliphatic heterocycles. The molecule has 2 aromatic carbocycles. The third-order valence-electron chi connectivity index (χ3n) is 4.77. The lowest BCUT2D eigenvalue weighted by atomic mass is 9.90. The van der Waals surface area contributed by atoms with E-state index < -0.39 is 0 Å². The highest BCUT2D eigenvalue weighted by molar-refractivity contribution is 5.85. The Morgan fingerprint density at radius 3 is 2.36 bits per heavy atom. The zero-order valence-corrected chi connectivity index (χ0v) is 15.6. The molecule has 1 aliphatic rings. The summed E-state index contributed by atoms with van der Waals surface area (Å²) in [6, 6.07) is 14.6. The molecular weight excluding hydrogens is 332 g/mol. The van der Waals surface area contributed by atoms with E-state index in [1.54, 1.807) is 0 Å². The summed E-state index contributed by atoms with van der Waals surface area (Å²) in [6.07, 6.45) is 5.33. The van der Waals surface area contributed by atoms with E-state index in [4.69, 9.17) is 5.73 Å². The lowest BCUT2D eigenvalue weighted by Crippen LogP contribution is -2.24. The number of nitrogens with one attached hydrogen (secondary N) is 1. The fourth-order valence-electron chi connectivity index (χ4n) is 3.28. The van der Waals surface area contributed by atoms with Crippen LogP contribution in [0, 0.1) is 0 Å². The zero-order chi connectivity index (χ0) is 16.9. The molecule has 3 rings (SSSR count). The number of nitrogens with two attached hydrogens (primary N) is 1. The molecule has 25 heavy (non-hydrogen) atoms. The Morgan fingerprint density at radius 1 is 1.04 bits per heavy atom. The molecule has 0 saturated heterocycles. The second-order valence-electron chi connectivity index (χ2n) is 6.79. The average molecular weight is 359 g/mol. The van der Waals surface area contributed by atoms with Gasteiger partial charge in [0, 0.05) is 12.6 Å². The molecular formula is C21H27ClN2O. The van der Waals surface area contributed by atoms with Crippen molar-refractivity contribution in [2.45, 2.75) is 51.6 Å². The fourth-order valence-corrected chi connectivity index (χ4v) is 3.28. The zero-order valence-electron chi connectivity index (χ0n) is 14.8. The van der Waals surface area contributed by atoms with Gasteiger partial charge in [-0.2, -0.15) is 0 Å². The van der Waals surface area contributed by atoms with Gasteiger partial charge >= 0.3 is 0 Å². The minimum absolute atomic E-state index is 0. The van der Waals surface area contributed by atoms with Gasteiger partial charge in [0.15, 0.2) is 0 Å². The van der Waals surface area contributed by atoms with Crippen molar-refractivity contribution in [1.29, 1.82) is 0 Å². The predicted molar refractivity (Wildman–Crippen MR) is 105 cm³/mol. The Morgan fingerprint density at radius 2 is 1.68 bits per heavy atom. The SMILES string of the molecule is C[C@H](N)c1ccc(CNC(=O)Cc2ccc3c(c2)CCCC3)cc1.Cl. The highest BCUT2D eigenvalue weighted by atomic mass is 35.5. The third kappa shape index (κ3) is 5.32. The predicted octanol–water partition coefficient (Wildman–Crippen LogP) is 3.87. The molecule has 0 heterocycles. The van der Waals surface area contributed by atoms with Crippen molar-refractivity contribution in [3.05, 3.63) is 70.3 Å². The Labute approximate surface area is 156 Å². The van der Waals surface area contributed by atoms with Crippen LogP contribution in [0.15, 0.2) is 42.5 Å². The molecule has 2 aromatic rings. The molecule has 1 aliphatic carbocycles. The van der Waals surface area contributed by atoms with Gasteiger partial charge < -0.3 is 11.1 Å². The first-order valence-corrected chi connectivity index (χ1v) is 8.83. The summed E-state index contributed by atoms with van der Waals surface area (Å²) in [5.74, 6) is 0.0713. The summed E-state index contributed by atoms with van der Waals surface area (Å²) in [5.41, 5.74) is 12.1. The van der Waals surface area contributed by atoms with E-state index >= 15 is 0 Å². The van der Waals surface area contributed by atoms with Crippen LogP contribution >= 0.6 is 12.4 Å². The molecule has 0 fully saturated rings. The van der Waals surface area contributed by atoms with Crippen LogP contribution in [-0.2, 0) is 30.6 Å². The molecule has 0 aromatic heterocycles. The molecule has 1 atom stereocenters. The number of hydrogen-bond acceptors (Lipinski definition) is 2. The van der Waals surface area contributed by atoms with E-state index in [1.165, 1.54) is 30.4 Å². The minimum atomic E-state index is 0. The van der Waals surface area contributed by atoms with E-state index in [-0.39, 0.29) is 24.4 Å². The van der Waals surface area contributed by atoms with Crippen molar-refractivity contribution in [1.82, 2.24) is 5.32 Å². The minimum Gasteiger partial charge on any atom is -0.352 e. The molecule has 0 unspecified atom stereocenters. The van der Waals surface area contributed by atoms with Gasteiger partial charge in [0.2, 0.25) is 5.91 Å². The number of halogens is 1. The molecule has 4 heteroatoms. The van der Waals surface area contributed by atoms with Crippen molar-refractivity contribution in [3.8, 4) is 0 Å². The monoisotopic (exact) mass is 358 g/mol. The Hall–Kier alpha value is -1.84. The van der Waals surface area contributed by atoms with Crippen molar-refractivity contribution in [2.75, 3.05) is 0 Å². The maximum atomic E-state index is 12.2. The van der Waals surface area contributed by atoms with Crippen LogP contribution in [0.3, 0.4) is 0 Å². The van der Waals surface area contributed by atoms with E-state index in [1.807, 2.05) is 31.2 Å².